The van der Waals surface area contributed by atoms with Gasteiger partial charge in [0.25, 0.3) is 0 Å². The van der Waals surface area contributed by atoms with Gasteiger partial charge in [-0.15, -0.1) is 0 Å². The van der Waals surface area contributed by atoms with E-state index in [0.717, 1.165) is 5.56 Å². The molecule has 0 N–H and O–H groups in total. The number of aryl methyl sites for hydroxylation is 1. The van der Waals surface area contributed by atoms with Gasteiger partial charge in [-0.25, -0.2) is 4.79 Å². The summed E-state index contributed by atoms with van der Waals surface area (Å²) in [4.78, 5) is 23.2. The van der Waals surface area contributed by atoms with Crippen molar-refractivity contribution >= 4 is 23.5 Å². The lowest BCUT2D eigenvalue weighted by Crippen LogP contribution is -2.12. The van der Waals surface area contributed by atoms with Crippen LogP contribution >= 0.6 is 11.6 Å². The molecule has 0 saturated carbocycles. The van der Waals surface area contributed by atoms with Gasteiger partial charge in [0.1, 0.15) is 17.1 Å². The van der Waals surface area contributed by atoms with Crippen LogP contribution in [-0.2, 0) is 4.79 Å². The van der Waals surface area contributed by atoms with Gasteiger partial charge in [-0.2, -0.15) is 0 Å². The molecule has 108 valence electrons. The number of benzene rings is 2. The first-order valence-electron chi connectivity index (χ1n) is 6.23. The van der Waals surface area contributed by atoms with Crippen molar-refractivity contribution < 1.29 is 19.1 Å². The summed E-state index contributed by atoms with van der Waals surface area (Å²) >= 11 is 5.92. The van der Waals surface area contributed by atoms with Crippen LogP contribution in [0, 0.1) is 6.92 Å². The van der Waals surface area contributed by atoms with Gasteiger partial charge in [0.05, 0.1) is 0 Å². The second-order valence-electron chi connectivity index (χ2n) is 4.39. The summed E-state index contributed by atoms with van der Waals surface area (Å²) in [5.74, 6) is -0.564. The zero-order valence-corrected chi connectivity index (χ0v) is 12.3. The maximum Gasteiger partial charge on any atom is 0.347 e. The van der Waals surface area contributed by atoms with Gasteiger partial charge in [-0.05, 0) is 42.8 Å². The van der Waals surface area contributed by atoms with Crippen LogP contribution in [0.25, 0.3) is 0 Å². The fraction of sp³-hybridized carbons (Fsp3) is 0.125. The van der Waals surface area contributed by atoms with Crippen LogP contribution < -0.4 is 9.47 Å². The molecule has 2 aromatic rings. The highest BCUT2D eigenvalue weighted by Crippen LogP contribution is 2.24. The topological polar surface area (TPSA) is 52.6 Å². The van der Waals surface area contributed by atoms with E-state index in [0.29, 0.717) is 10.8 Å². The molecule has 0 bridgehead atoms. The number of carbonyl (C=O) groups is 2. The molecule has 0 unspecified atom stereocenters. The maximum absolute atomic E-state index is 12.2. The molecule has 0 aromatic heterocycles. The summed E-state index contributed by atoms with van der Waals surface area (Å²) in [5, 5.41) is 0.593. The predicted octanol–water partition coefficient (Wildman–Crippen LogP) is 3.79. The van der Waals surface area contributed by atoms with Crippen molar-refractivity contribution in [1.82, 2.24) is 0 Å². The van der Waals surface area contributed by atoms with Crippen molar-refractivity contribution in [3.8, 4) is 11.5 Å². The second kappa shape index (κ2) is 6.41. The molecule has 0 saturated heterocycles. The highest BCUT2D eigenvalue weighted by molar-refractivity contribution is 6.31. The van der Waals surface area contributed by atoms with Gasteiger partial charge in [-0.1, -0.05) is 23.7 Å². The molecule has 0 aliphatic rings. The number of halogens is 1. The zero-order valence-electron chi connectivity index (χ0n) is 11.6. The lowest BCUT2D eigenvalue weighted by atomic mass is 10.2. The smallest absolute Gasteiger partial charge is 0.347 e. The minimum absolute atomic E-state index is 0.167. The minimum Gasteiger partial charge on any atom is -0.426 e. The van der Waals surface area contributed by atoms with Crippen molar-refractivity contribution in [3.05, 3.63) is 58.6 Å². The van der Waals surface area contributed by atoms with E-state index in [9.17, 15) is 9.59 Å². The van der Waals surface area contributed by atoms with Crippen molar-refractivity contribution in [3.63, 3.8) is 0 Å². The molecule has 2 aromatic carbocycles. The molecule has 0 radical (unpaired) electrons. The molecule has 0 atom stereocenters. The Kier molecular flexibility index (Phi) is 4.60. The fourth-order valence-corrected chi connectivity index (χ4v) is 1.84. The number of para-hydroxylation sites is 1. The molecule has 0 spiro atoms. The molecule has 0 aliphatic carbocycles. The van der Waals surface area contributed by atoms with Crippen molar-refractivity contribution in [2.45, 2.75) is 13.8 Å². The van der Waals surface area contributed by atoms with Crippen LogP contribution in [0.4, 0.5) is 0 Å². The van der Waals surface area contributed by atoms with E-state index in [1.54, 1.807) is 30.3 Å². The maximum atomic E-state index is 12.2. The summed E-state index contributed by atoms with van der Waals surface area (Å²) < 4.78 is 10.3. The average Bonchev–Trinajstić information content (AvgIpc) is 2.43. The van der Waals surface area contributed by atoms with Crippen LogP contribution in [0.1, 0.15) is 22.8 Å². The number of rotatable bonds is 3. The molecular weight excluding hydrogens is 292 g/mol. The predicted molar refractivity (Wildman–Crippen MR) is 78.9 cm³/mol. The molecule has 5 heteroatoms. The first-order valence-corrected chi connectivity index (χ1v) is 6.61. The van der Waals surface area contributed by atoms with E-state index in [4.69, 9.17) is 21.1 Å². The number of ether oxygens (including phenoxy) is 2. The normalized spacial score (nSPS) is 10.0. The average molecular weight is 305 g/mol. The monoisotopic (exact) mass is 304 g/mol. The van der Waals surface area contributed by atoms with Crippen LogP contribution in [0.3, 0.4) is 0 Å². The summed E-state index contributed by atoms with van der Waals surface area (Å²) in [6.07, 6.45) is 0. The lowest BCUT2D eigenvalue weighted by Gasteiger charge is -2.09. The Morgan fingerprint density at radius 2 is 1.76 bits per heavy atom. The van der Waals surface area contributed by atoms with E-state index < -0.39 is 11.9 Å². The van der Waals surface area contributed by atoms with Crippen LogP contribution in [0.15, 0.2) is 42.5 Å². The molecule has 0 fully saturated rings. The number of hydrogen-bond donors (Lipinski definition) is 0. The summed E-state index contributed by atoms with van der Waals surface area (Å²) in [6.45, 7) is 3.08. The molecular formula is C16H13ClO4. The van der Waals surface area contributed by atoms with Crippen molar-refractivity contribution in [2.75, 3.05) is 0 Å². The SMILES string of the molecule is CC(=O)Oc1ccccc1C(=O)Oc1ccc(Cl)c(C)c1. The molecule has 0 heterocycles. The molecule has 2 rings (SSSR count). The Hall–Kier alpha value is -2.33. The number of esters is 2. The van der Waals surface area contributed by atoms with Gasteiger partial charge >= 0.3 is 11.9 Å². The van der Waals surface area contributed by atoms with Crippen LogP contribution in [-0.4, -0.2) is 11.9 Å². The zero-order chi connectivity index (χ0) is 15.4. The Morgan fingerprint density at radius 3 is 2.43 bits per heavy atom. The minimum atomic E-state index is -0.603. The van der Waals surface area contributed by atoms with Crippen molar-refractivity contribution in [2.24, 2.45) is 0 Å². The Labute approximate surface area is 127 Å². The van der Waals surface area contributed by atoms with Gasteiger partial charge in [0.15, 0.2) is 0 Å². The van der Waals surface area contributed by atoms with Gasteiger partial charge in [0.2, 0.25) is 0 Å². The summed E-state index contributed by atoms with van der Waals surface area (Å²) in [6, 6.07) is 11.3. The standard InChI is InChI=1S/C16H13ClO4/c1-10-9-12(7-8-14(10)17)21-16(19)13-5-3-4-6-15(13)20-11(2)18/h3-9H,1-2H3. The highest BCUT2D eigenvalue weighted by atomic mass is 35.5. The van der Waals surface area contributed by atoms with Gasteiger partial charge < -0.3 is 9.47 Å². The number of carbonyl (C=O) groups excluding carboxylic acids is 2. The van der Waals surface area contributed by atoms with E-state index in [-0.39, 0.29) is 11.3 Å². The van der Waals surface area contributed by atoms with E-state index in [1.165, 1.54) is 19.1 Å². The molecule has 0 aliphatic heterocycles. The third-order valence-electron chi connectivity index (χ3n) is 2.70. The Bertz CT molecular complexity index is 694. The third kappa shape index (κ3) is 3.83. The van der Waals surface area contributed by atoms with Crippen LogP contribution in [0.2, 0.25) is 5.02 Å². The largest absolute Gasteiger partial charge is 0.426 e. The van der Waals surface area contributed by atoms with E-state index in [2.05, 4.69) is 0 Å². The van der Waals surface area contributed by atoms with Crippen LogP contribution in [0.5, 0.6) is 11.5 Å². The lowest BCUT2D eigenvalue weighted by molar-refractivity contribution is -0.131. The quantitative estimate of drug-likeness (QED) is 0.639. The summed E-state index contributed by atoms with van der Waals surface area (Å²) in [7, 11) is 0. The molecule has 0 amide bonds. The highest BCUT2D eigenvalue weighted by Gasteiger charge is 2.16. The fourth-order valence-electron chi connectivity index (χ4n) is 1.72. The Balaban J connectivity index is 2.24. The first kappa shape index (κ1) is 15.1. The first-order chi connectivity index (χ1) is 9.97. The van der Waals surface area contributed by atoms with E-state index in [1.807, 2.05) is 6.92 Å². The summed E-state index contributed by atoms with van der Waals surface area (Å²) in [5.41, 5.74) is 0.982. The van der Waals surface area contributed by atoms with Gasteiger partial charge in [-0.3, -0.25) is 4.79 Å². The Morgan fingerprint density at radius 1 is 1.05 bits per heavy atom. The van der Waals surface area contributed by atoms with Crippen molar-refractivity contribution in [1.29, 1.82) is 0 Å². The second-order valence-corrected chi connectivity index (χ2v) is 4.80. The third-order valence-corrected chi connectivity index (χ3v) is 3.12. The number of hydrogen-bond acceptors (Lipinski definition) is 4. The molecule has 4 nitrogen and oxygen atoms in total. The van der Waals surface area contributed by atoms with E-state index >= 15 is 0 Å². The molecule has 21 heavy (non-hydrogen) atoms. The van der Waals surface area contributed by atoms with Gasteiger partial charge in [0, 0.05) is 11.9 Å².